The molecule has 0 heterocycles. The van der Waals surface area contributed by atoms with Crippen molar-refractivity contribution in [2.75, 3.05) is 17.4 Å². The molecular formula is C28H31Br2N3O4S. The van der Waals surface area contributed by atoms with Crippen LogP contribution in [-0.4, -0.2) is 44.3 Å². The van der Waals surface area contributed by atoms with E-state index in [4.69, 9.17) is 0 Å². The summed E-state index contributed by atoms with van der Waals surface area (Å²) in [7, 11) is -4.09. The van der Waals surface area contributed by atoms with Crippen LogP contribution in [0, 0.1) is 5.92 Å². The first-order valence-corrected chi connectivity index (χ1v) is 15.2. The fourth-order valence-electron chi connectivity index (χ4n) is 3.70. The molecule has 0 bridgehead atoms. The molecule has 3 aromatic rings. The van der Waals surface area contributed by atoms with Crippen LogP contribution in [0.4, 0.5) is 5.69 Å². The van der Waals surface area contributed by atoms with Crippen LogP contribution in [0.15, 0.2) is 92.7 Å². The Bertz CT molecular complexity index is 1350. The molecule has 0 aromatic heterocycles. The highest BCUT2D eigenvalue weighted by Crippen LogP contribution is 2.27. The Kier molecular flexibility index (Phi) is 10.5. The molecule has 10 heteroatoms. The summed E-state index contributed by atoms with van der Waals surface area (Å²) >= 11 is 6.81. The molecule has 3 rings (SSSR count). The normalized spacial score (nSPS) is 12.2. The van der Waals surface area contributed by atoms with E-state index in [0.717, 1.165) is 14.3 Å². The average molecular weight is 665 g/mol. The first-order chi connectivity index (χ1) is 18.0. The van der Waals surface area contributed by atoms with Crippen molar-refractivity contribution in [1.82, 2.24) is 10.2 Å². The minimum atomic E-state index is -4.09. The topological polar surface area (TPSA) is 86.8 Å². The number of anilines is 1. The van der Waals surface area contributed by atoms with Crippen molar-refractivity contribution in [3.05, 3.63) is 93.4 Å². The molecule has 0 radical (unpaired) electrons. The van der Waals surface area contributed by atoms with Crippen LogP contribution in [0.1, 0.15) is 26.3 Å². The van der Waals surface area contributed by atoms with Crippen LogP contribution < -0.4 is 9.62 Å². The smallest absolute Gasteiger partial charge is 0.264 e. The molecule has 38 heavy (non-hydrogen) atoms. The first kappa shape index (κ1) is 29.9. The largest absolute Gasteiger partial charge is 0.354 e. The summed E-state index contributed by atoms with van der Waals surface area (Å²) < 4.78 is 30.1. The number of sulfonamides is 1. The average Bonchev–Trinajstić information content (AvgIpc) is 2.89. The lowest BCUT2D eigenvalue weighted by atomic mass is 10.1. The fraction of sp³-hybridized carbons (Fsp3) is 0.286. The molecule has 0 aliphatic rings. The van der Waals surface area contributed by atoms with E-state index in [1.54, 1.807) is 49.4 Å². The minimum Gasteiger partial charge on any atom is -0.354 e. The zero-order chi connectivity index (χ0) is 27.9. The maximum Gasteiger partial charge on any atom is 0.264 e. The van der Waals surface area contributed by atoms with Crippen LogP contribution in [0.5, 0.6) is 0 Å². The fourth-order valence-corrected chi connectivity index (χ4v) is 5.78. The van der Waals surface area contributed by atoms with Crippen molar-refractivity contribution in [1.29, 1.82) is 0 Å². The van der Waals surface area contributed by atoms with Gasteiger partial charge in [0.25, 0.3) is 10.0 Å². The van der Waals surface area contributed by atoms with Crippen molar-refractivity contribution in [2.24, 2.45) is 5.92 Å². The third-order valence-electron chi connectivity index (χ3n) is 5.82. The molecule has 1 atom stereocenters. The van der Waals surface area contributed by atoms with E-state index < -0.39 is 28.5 Å². The maximum atomic E-state index is 13.9. The second-order valence-electron chi connectivity index (χ2n) is 9.27. The zero-order valence-corrected chi connectivity index (χ0v) is 25.5. The summed E-state index contributed by atoms with van der Waals surface area (Å²) in [6.45, 7) is 5.75. The number of nitrogens with one attached hydrogen (secondary N) is 1. The summed E-state index contributed by atoms with van der Waals surface area (Å²) in [5.41, 5.74) is 1.14. The summed E-state index contributed by atoms with van der Waals surface area (Å²) in [4.78, 5) is 28.4. The monoisotopic (exact) mass is 663 g/mol. The summed E-state index contributed by atoms with van der Waals surface area (Å²) in [5.74, 6) is -0.562. The maximum absolute atomic E-state index is 13.9. The second-order valence-corrected chi connectivity index (χ2v) is 13.0. The Morgan fingerprint density at radius 2 is 1.53 bits per heavy atom. The predicted octanol–water partition coefficient (Wildman–Crippen LogP) is 5.60. The quantitative estimate of drug-likeness (QED) is 0.289. The van der Waals surface area contributed by atoms with E-state index in [1.165, 1.54) is 17.0 Å². The van der Waals surface area contributed by atoms with Crippen LogP contribution in [0.2, 0.25) is 0 Å². The number of rotatable bonds is 11. The molecule has 0 aliphatic heterocycles. The van der Waals surface area contributed by atoms with Crippen LogP contribution in [0.3, 0.4) is 0 Å². The molecule has 0 unspecified atom stereocenters. The van der Waals surface area contributed by atoms with Crippen molar-refractivity contribution in [3.8, 4) is 0 Å². The summed E-state index contributed by atoms with van der Waals surface area (Å²) in [6.07, 6.45) is 0. The number of carbonyl (C=O) groups excluding carboxylic acids is 2. The molecule has 202 valence electrons. The van der Waals surface area contributed by atoms with E-state index in [-0.39, 0.29) is 23.3 Å². The number of halogens is 2. The number of amides is 2. The highest BCUT2D eigenvalue weighted by Gasteiger charge is 2.32. The summed E-state index contributed by atoms with van der Waals surface area (Å²) in [5, 5.41) is 2.88. The Hall–Kier alpha value is -2.69. The van der Waals surface area contributed by atoms with Gasteiger partial charge in [0.2, 0.25) is 11.8 Å². The highest BCUT2D eigenvalue weighted by atomic mass is 79.9. The van der Waals surface area contributed by atoms with Gasteiger partial charge in [-0.2, -0.15) is 0 Å². The predicted molar refractivity (Wildman–Crippen MR) is 157 cm³/mol. The van der Waals surface area contributed by atoms with E-state index in [9.17, 15) is 18.0 Å². The number of hydrogen-bond donors (Lipinski definition) is 1. The zero-order valence-electron chi connectivity index (χ0n) is 21.5. The molecule has 0 spiro atoms. The van der Waals surface area contributed by atoms with Gasteiger partial charge in [0.15, 0.2) is 0 Å². The molecule has 0 saturated carbocycles. The van der Waals surface area contributed by atoms with Gasteiger partial charge in [-0.1, -0.05) is 82.1 Å². The second kappa shape index (κ2) is 13.4. The molecule has 0 aliphatic carbocycles. The first-order valence-electron chi connectivity index (χ1n) is 12.1. The van der Waals surface area contributed by atoms with Gasteiger partial charge in [-0.25, -0.2) is 8.42 Å². The van der Waals surface area contributed by atoms with Gasteiger partial charge in [0, 0.05) is 22.0 Å². The number of nitrogens with zero attached hydrogens (tertiary/aromatic N) is 2. The van der Waals surface area contributed by atoms with Gasteiger partial charge in [0.1, 0.15) is 12.6 Å². The van der Waals surface area contributed by atoms with E-state index in [1.807, 2.05) is 38.1 Å². The molecular weight excluding hydrogens is 634 g/mol. The van der Waals surface area contributed by atoms with E-state index in [0.29, 0.717) is 16.7 Å². The molecule has 7 nitrogen and oxygen atoms in total. The lowest BCUT2D eigenvalue weighted by Crippen LogP contribution is -2.51. The molecule has 0 saturated heterocycles. The minimum absolute atomic E-state index is 0.0648. The highest BCUT2D eigenvalue weighted by molar-refractivity contribution is 9.10. The van der Waals surface area contributed by atoms with Crippen LogP contribution in [-0.2, 0) is 26.2 Å². The van der Waals surface area contributed by atoms with Gasteiger partial charge in [-0.3, -0.25) is 13.9 Å². The molecule has 0 fully saturated rings. The Balaban J connectivity index is 1.99. The Labute approximate surface area is 241 Å². The SMILES string of the molecule is CC(C)CNC(=O)[C@H](C)N(Cc1ccc(Br)cc1)C(=O)CN(c1cccc(Br)c1)S(=O)(=O)c1ccccc1. The van der Waals surface area contributed by atoms with Crippen molar-refractivity contribution in [2.45, 2.75) is 38.3 Å². The van der Waals surface area contributed by atoms with Gasteiger partial charge < -0.3 is 10.2 Å². The van der Waals surface area contributed by atoms with E-state index >= 15 is 0 Å². The standard InChI is InChI=1S/C28H31Br2N3O4S/c1-20(2)17-31-28(35)21(3)32(18-22-12-14-23(29)15-13-22)27(34)19-33(25-9-7-8-24(30)16-25)38(36,37)26-10-5-4-6-11-26/h4-16,20-21H,17-19H2,1-3H3,(H,31,35)/t21-/m0/s1. The lowest BCUT2D eigenvalue weighted by molar-refractivity contribution is -0.139. The number of benzene rings is 3. The van der Waals surface area contributed by atoms with Crippen molar-refractivity contribution >= 4 is 59.4 Å². The molecule has 3 aromatic carbocycles. The summed E-state index contributed by atoms with van der Waals surface area (Å²) in [6, 6.07) is 21.3. The van der Waals surface area contributed by atoms with Gasteiger partial charge >= 0.3 is 0 Å². The number of hydrogen-bond acceptors (Lipinski definition) is 4. The van der Waals surface area contributed by atoms with Crippen LogP contribution >= 0.6 is 31.9 Å². The lowest BCUT2D eigenvalue weighted by Gasteiger charge is -2.32. The van der Waals surface area contributed by atoms with Gasteiger partial charge in [-0.05, 0) is 60.9 Å². The van der Waals surface area contributed by atoms with Crippen molar-refractivity contribution in [3.63, 3.8) is 0 Å². The number of carbonyl (C=O) groups is 2. The Morgan fingerprint density at radius 1 is 0.868 bits per heavy atom. The Morgan fingerprint density at radius 3 is 2.13 bits per heavy atom. The third kappa shape index (κ3) is 7.91. The van der Waals surface area contributed by atoms with Crippen LogP contribution in [0.25, 0.3) is 0 Å². The van der Waals surface area contributed by atoms with Crippen molar-refractivity contribution < 1.29 is 18.0 Å². The molecule has 2 amide bonds. The third-order valence-corrected chi connectivity index (χ3v) is 8.63. The van der Waals surface area contributed by atoms with E-state index in [2.05, 4.69) is 37.2 Å². The van der Waals surface area contributed by atoms with Gasteiger partial charge in [-0.15, -0.1) is 0 Å². The van der Waals surface area contributed by atoms with Gasteiger partial charge in [0.05, 0.1) is 10.6 Å². The molecule has 1 N–H and O–H groups in total.